The molecule has 8 heteroatoms. The monoisotopic (exact) mass is 680 g/mol. The van der Waals surface area contributed by atoms with Crippen molar-refractivity contribution >= 4 is 72.5 Å². The van der Waals surface area contributed by atoms with Gasteiger partial charge in [-0.05, 0) is 90.0 Å². The first-order valence-electron chi connectivity index (χ1n) is 12.5. The van der Waals surface area contributed by atoms with Crippen LogP contribution in [0.1, 0.15) is 44.8 Å². The third-order valence-corrected chi connectivity index (χ3v) is 8.25. The van der Waals surface area contributed by atoms with Crippen LogP contribution in [0.3, 0.4) is 0 Å². The average molecular weight is 683 g/mol. The lowest BCUT2D eigenvalue weighted by Crippen LogP contribution is -2.34. The van der Waals surface area contributed by atoms with E-state index < -0.39 is 5.97 Å². The topological polar surface area (TPSA) is 69.6 Å². The van der Waals surface area contributed by atoms with E-state index in [1.165, 1.54) is 22.4 Å². The van der Waals surface area contributed by atoms with Crippen molar-refractivity contribution in [2.45, 2.75) is 13.0 Å². The summed E-state index contributed by atoms with van der Waals surface area (Å²) in [4.78, 5) is 26.7. The van der Waals surface area contributed by atoms with Crippen LogP contribution in [0.2, 0.25) is 0 Å². The second kappa shape index (κ2) is 13.0. The molecule has 4 aromatic carbocycles. The smallest absolute Gasteiger partial charge is 0.336 e. The number of hydrogen-bond acceptors (Lipinski definition) is 3. The highest BCUT2D eigenvalue weighted by molar-refractivity contribution is 9.11. The fourth-order valence-electron chi connectivity index (χ4n) is 4.88. The van der Waals surface area contributed by atoms with Gasteiger partial charge in [0.05, 0.1) is 11.1 Å². The van der Waals surface area contributed by atoms with Gasteiger partial charge in [0.25, 0.3) is 5.91 Å². The summed E-state index contributed by atoms with van der Waals surface area (Å²) in [6.07, 6.45) is 3.78. The molecule has 0 bridgehead atoms. The molecule has 4 aromatic rings. The Morgan fingerprint density at radius 2 is 1.57 bits per heavy atom. The highest BCUT2D eigenvalue weighted by atomic mass is 79.9. The Balaban J connectivity index is 0.00000370. The lowest BCUT2D eigenvalue weighted by Gasteiger charge is -2.28. The highest BCUT2D eigenvalue weighted by Crippen LogP contribution is 2.31. The lowest BCUT2D eigenvalue weighted by atomic mass is 9.95. The molecule has 0 fully saturated rings. The van der Waals surface area contributed by atoms with Crippen molar-refractivity contribution in [2.75, 3.05) is 13.1 Å². The minimum Gasteiger partial charge on any atom is -0.478 e. The minimum absolute atomic E-state index is 0. The summed E-state index contributed by atoms with van der Waals surface area (Å²) >= 11 is 6.69. The Morgan fingerprint density at radius 1 is 0.925 bits per heavy atom. The molecule has 1 heterocycles. The maximum absolute atomic E-state index is 13.6. The number of aromatic carboxylic acids is 1. The lowest BCUT2D eigenvalue weighted by molar-refractivity contribution is 0.0694. The number of benzene rings is 4. The second-order valence-electron chi connectivity index (χ2n) is 9.42. The highest BCUT2D eigenvalue weighted by Gasteiger charge is 2.24. The van der Waals surface area contributed by atoms with Crippen molar-refractivity contribution in [3.63, 3.8) is 0 Å². The molecule has 0 spiro atoms. The van der Waals surface area contributed by atoms with E-state index in [-0.39, 0.29) is 29.9 Å². The molecule has 0 saturated carbocycles. The van der Waals surface area contributed by atoms with Gasteiger partial charge in [0.2, 0.25) is 0 Å². The maximum atomic E-state index is 13.6. The summed E-state index contributed by atoms with van der Waals surface area (Å²) in [6, 6.07) is 28.0. The number of fused-ring (bicyclic) bond motifs is 1. The molecular weight excluding hydrogens is 656 g/mol. The number of allylic oxidation sites excluding steroid dienone is 2. The van der Waals surface area contributed by atoms with Crippen LogP contribution in [-0.2, 0) is 0 Å². The van der Waals surface area contributed by atoms with Gasteiger partial charge >= 0.3 is 5.97 Å². The molecule has 0 saturated heterocycles. The number of carboxylic acids is 1. The largest absolute Gasteiger partial charge is 0.478 e. The molecule has 1 aliphatic heterocycles. The summed E-state index contributed by atoms with van der Waals surface area (Å²) < 4.78 is 0.789. The van der Waals surface area contributed by atoms with E-state index in [4.69, 9.17) is 0 Å². The van der Waals surface area contributed by atoms with Crippen LogP contribution in [0.25, 0.3) is 16.3 Å². The first-order valence-corrected chi connectivity index (χ1v) is 14.1. The van der Waals surface area contributed by atoms with Gasteiger partial charge in [-0.25, -0.2) is 4.79 Å². The molecule has 1 atom stereocenters. The van der Waals surface area contributed by atoms with Gasteiger partial charge in [-0.2, -0.15) is 0 Å². The zero-order chi connectivity index (χ0) is 27.5. The van der Waals surface area contributed by atoms with E-state index in [1.54, 1.807) is 17.2 Å². The number of amides is 1. The van der Waals surface area contributed by atoms with Crippen molar-refractivity contribution in [2.24, 2.45) is 0 Å². The molecule has 40 heavy (non-hydrogen) atoms. The quantitative estimate of drug-likeness (QED) is 0.206. The Kier molecular flexibility index (Phi) is 9.64. The first-order chi connectivity index (χ1) is 18.8. The van der Waals surface area contributed by atoms with Crippen LogP contribution < -0.4 is 5.32 Å². The molecule has 2 N–H and O–H groups in total. The number of nitrogens with one attached hydrogen (secondary N) is 1. The second-order valence-corrected chi connectivity index (χ2v) is 11.1. The number of halogens is 3. The predicted molar refractivity (Wildman–Crippen MR) is 170 cm³/mol. The summed E-state index contributed by atoms with van der Waals surface area (Å²) in [5, 5.41) is 15.5. The third kappa shape index (κ3) is 6.23. The summed E-state index contributed by atoms with van der Waals surface area (Å²) in [6.45, 7) is 3.15. The van der Waals surface area contributed by atoms with Gasteiger partial charge < -0.3 is 15.3 Å². The molecule has 5 nitrogen and oxygen atoms in total. The van der Waals surface area contributed by atoms with Crippen LogP contribution in [-0.4, -0.2) is 35.0 Å². The summed E-state index contributed by atoms with van der Waals surface area (Å²) in [5.74, 6) is -1.29. The number of carboxylic acid groups (broad SMARTS) is 1. The molecule has 5 rings (SSSR count). The van der Waals surface area contributed by atoms with E-state index in [1.807, 2.05) is 30.3 Å². The number of nitrogens with zero attached hydrogens (tertiary/aromatic N) is 1. The molecule has 1 amide bonds. The van der Waals surface area contributed by atoms with Crippen LogP contribution in [0.4, 0.5) is 0 Å². The van der Waals surface area contributed by atoms with Crippen molar-refractivity contribution in [3.05, 3.63) is 134 Å². The molecule has 204 valence electrons. The van der Waals surface area contributed by atoms with E-state index in [2.05, 4.69) is 92.6 Å². The average Bonchev–Trinajstić information content (AvgIpc) is 2.96. The van der Waals surface area contributed by atoms with Gasteiger partial charge in [-0.3, -0.25) is 4.79 Å². The Bertz CT molecular complexity index is 1630. The van der Waals surface area contributed by atoms with Gasteiger partial charge in [-0.15, -0.1) is 12.4 Å². The number of carbonyl (C=O) groups is 2. The molecule has 0 aromatic heterocycles. The molecule has 0 aliphatic carbocycles. The van der Waals surface area contributed by atoms with E-state index in [0.717, 1.165) is 16.7 Å². The van der Waals surface area contributed by atoms with Gasteiger partial charge in [0.15, 0.2) is 0 Å². The molecule has 0 unspecified atom stereocenters. The van der Waals surface area contributed by atoms with Gasteiger partial charge in [-0.1, -0.05) is 72.8 Å². The minimum atomic E-state index is -1.07. The fraction of sp³-hybridized carbons (Fsp3) is 0.125. The zero-order valence-corrected chi connectivity index (χ0v) is 25.6. The molecule has 0 radical (unpaired) electrons. The van der Waals surface area contributed by atoms with Crippen molar-refractivity contribution in [1.29, 1.82) is 0 Å². The van der Waals surface area contributed by atoms with Crippen molar-refractivity contribution in [1.82, 2.24) is 10.2 Å². The van der Waals surface area contributed by atoms with Crippen molar-refractivity contribution < 1.29 is 14.7 Å². The summed E-state index contributed by atoms with van der Waals surface area (Å²) in [5.41, 5.74) is 4.95. The SMILES string of the molecule is C[C@@H](NCC1=C(c2ccccc2)C=CN(C(=O)c2cc(Br)c(C(=O)O)cc2Br)C1)c1cccc2ccccc12.Cl. The predicted octanol–water partition coefficient (Wildman–Crippen LogP) is 8.26. The Labute approximate surface area is 256 Å². The van der Waals surface area contributed by atoms with Crippen LogP contribution in [0, 0.1) is 0 Å². The fourth-order valence-corrected chi connectivity index (χ4v) is 5.90. The molecule has 1 aliphatic rings. The number of hydrogen-bond donors (Lipinski definition) is 2. The standard InChI is InChI=1S/C32H26Br2N2O3.ClH/c1-20(24-13-7-11-22-10-5-6-12-26(22)24)35-18-23-19-36(15-14-25(23)21-8-3-2-4-9-21)31(37)27-16-30(34)28(32(38)39)17-29(27)33;/h2-17,20,35H,18-19H2,1H3,(H,38,39);1H/t20-;/m1./s1. The number of rotatable bonds is 7. The van der Waals surface area contributed by atoms with E-state index in [0.29, 0.717) is 27.6 Å². The maximum Gasteiger partial charge on any atom is 0.336 e. The van der Waals surface area contributed by atoms with E-state index >= 15 is 0 Å². The van der Waals surface area contributed by atoms with Crippen LogP contribution in [0.15, 0.2) is 112 Å². The Morgan fingerprint density at radius 3 is 2.33 bits per heavy atom. The number of carbonyl (C=O) groups excluding carboxylic acids is 1. The zero-order valence-electron chi connectivity index (χ0n) is 21.6. The van der Waals surface area contributed by atoms with Gasteiger partial charge in [0, 0.05) is 34.3 Å². The summed E-state index contributed by atoms with van der Waals surface area (Å²) in [7, 11) is 0. The first kappa shape index (κ1) is 29.7. The van der Waals surface area contributed by atoms with Crippen LogP contribution >= 0.6 is 44.3 Å². The van der Waals surface area contributed by atoms with E-state index in [9.17, 15) is 14.7 Å². The third-order valence-electron chi connectivity index (χ3n) is 6.94. The van der Waals surface area contributed by atoms with Gasteiger partial charge in [0.1, 0.15) is 0 Å². The normalized spacial score (nSPS) is 13.7. The Hall–Kier alpha value is -3.23. The van der Waals surface area contributed by atoms with Crippen molar-refractivity contribution in [3.8, 4) is 0 Å². The van der Waals surface area contributed by atoms with Crippen LogP contribution in [0.5, 0.6) is 0 Å². The molecular formula is C32H27Br2ClN2O3.